The highest BCUT2D eigenvalue weighted by atomic mass is 16.5. The third kappa shape index (κ3) is 4.21. The number of hydrogen-bond donors (Lipinski definition) is 1. The van der Waals surface area contributed by atoms with Crippen LogP contribution < -0.4 is 14.4 Å². The first kappa shape index (κ1) is 18.0. The topological polar surface area (TPSA) is 40.0 Å². The number of likely N-dealkylation sites (N-methyl/N-ethyl adjacent to an activating group) is 1. The molecule has 1 aliphatic rings. The van der Waals surface area contributed by atoms with Crippen LogP contribution in [0.4, 0.5) is 0 Å². The number of quaternary nitrogens is 1. The van der Waals surface area contributed by atoms with Crippen LogP contribution in [0, 0.1) is 0 Å². The molecule has 0 unspecified atom stereocenters. The van der Waals surface area contributed by atoms with E-state index in [1.807, 2.05) is 60.7 Å². The van der Waals surface area contributed by atoms with E-state index in [2.05, 4.69) is 7.05 Å². The van der Waals surface area contributed by atoms with Crippen LogP contribution in [0.5, 0.6) is 11.5 Å². The third-order valence-electron chi connectivity index (χ3n) is 4.48. The highest BCUT2D eigenvalue weighted by Gasteiger charge is 2.27. The van der Waals surface area contributed by atoms with Crippen LogP contribution in [-0.4, -0.2) is 40.1 Å². The molecular weight excluding hydrogens is 326 g/mol. The van der Waals surface area contributed by atoms with Gasteiger partial charge in [-0.1, -0.05) is 24.3 Å². The van der Waals surface area contributed by atoms with E-state index in [1.54, 1.807) is 14.2 Å². The van der Waals surface area contributed by atoms with Gasteiger partial charge in [0, 0.05) is 0 Å². The normalized spacial score (nSPS) is 20.4. The zero-order chi connectivity index (χ0) is 18.5. The summed E-state index contributed by atoms with van der Waals surface area (Å²) in [5.74, 6) is 1.75. The molecule has 0 aliphatic carbocycles. The summed E-state index contributed by atoms with van der Waals surface area (Å²) in [7, 11) is 5.40. The minimum Gasteiger partial charge on any atom is -0.497 e. The first-order valence-corrected chi connectivity index (χ1v) is 8.64. The second kappa shape index (κ2) is 8.02. The molecule has 3 rings (SSSR count). The van der Waals surface area contributed by atoms with Gasteiger partial charge in [-0.05, 0) is 47.5 Å². The van der Waals surface area contributed by atoms with Crippen molar-refractivity contribution in [1.29, 1.82) is 0 Å². The van der Waals surface area contributed by atoms with Gasteiger partial charge in [0.15, 0.2) is 5.78 Å². The van der Waals surface area contributed by atoms with Crippen molar-refractivity contribution in [2.75, 3.05) is 34.4 Å². The monoisotopic (exact) mass is 350 g/mol. The molecule has 1 heterocycles. The molecular formula is C22H24NO3+. The molecule has 0 bridgehead atoms. The lowest BCUT2D eigenvalue weighted by Crippen LogP contribution is -3.10. The van der Waals surface area contributed by atoms with E-state index in [9.17, 15) is 4.79 Å². The van der Waals surface area contributed by atoms with Crippen molar-refractivity contribution in [2.45, 2.75) is 0 Å². The zero-order valence-corrected chi connectivity index (χ0v) is 15.4. The van der Waals surface area contributed by atoms with Crippen LogP contribution in [-0.2, 0) is 4.79 Å². The first-order valence-electron chi connectivity index (χ1n) is 8.64. The summed E-state index contributed by atoms with van der Waals surface area (Å²) < 4.78 is 10.4. The number of carbonyl (C=O) groups is 1. The summed E-state index contributed by atoms with van der Waals surface area (Å²) in [5, 5.41) is 0. The fraction of sp³-hybridized carbons (Fsp3) is 0.227. The number of benzene rings is 2. The molecule has 4 nitrogen and oxygen atoms in total. The summed E-state index contributed by atoms with van der Waals surface area (Å²) in [6.45, 7) is 1.45. The Morgan fingerprint density at radius 1 is 0.769 bits per heavy atom. The van der Waals surface area contributed by atoms with Crippen LogP contribution in [0.15, 0.2) is 59.7 Å². The van der Waals surface area contributed by atoms with Crippen molar-refractivity contribution >= 4 is 17.9 Å². The molecule has 134 valence electrons. The summed E-state index contributed by atoms with van der Waals surface area (Å²) in [4.78, 5) is 14.2. The average Bonchev–Trinajstić information content (AvgIpc) is 2.66. The second-order valence-corrected chi connectivity index (χ2v) is 6.53. The van der Waals surface area contributed by atoms with E-state index in [0.717, 1.165) is 46.9 Å². The molecule has 0 aromatic heterocycles. The van der Waals surface area contributed by atoms with E-state index in [4.69, 9.17) is 9.47 Å². The SMILES string of the molecule is COc1ccc(C=C2C[NH+](C)CC(=Cc3ccc(OC)cc3)C2=O)cc1. The molecule has 0 radical (unpaired) electrons. The number of likely N-dealkylation sites (tertiary alicyclic amines) is 1. The Morgan fingerprint density at radius 3 is 1.50 bits per heavy atom. The number of piperidine rings is 1. The summed E-state index contributed by atoms with van der Waals surface area (Å²) >= 11 is 0. The predicted octanol–water partition coefficient (Wildman–Crippen LogP) is 2.27. The standard InChI is InChI=1S/C22H23NO3/c1-23-14-18(12-16-4-8-20(25-2)9-5-16)22(24)19(15-23)13-17-6-10-21(26-3)11-7-17/h4-13H,14-15H2,1-3H3/p+1. The molecule has 0 saturated carbocycles. The number of Topliss-reactive ketones (excluding diaryl/α,β-unsaturated/α-hetero) is 1. The third-order valence-corrected chi connectivity index (χ3v) is 4.48. The van der Waals surface area contributed by atoms with Gasteiger partial charge in [0.05, 0.1) is 32.4 Å². The Hall–Kier alpha value is -2.85. The molecule has 1 N–H and O–H groups in total. The van der Waals surface area contributed by atoms with Crippen molar-refractivity contribution in [2.24, 2.45) is 0 Å². The zero-order valence-electron chi connectivity index (χ0n) is 15.4. The summed E-state index contributed by atoms with van der Waals surface area (Å²) in [6, 6.07) is 15.5. The summed E-state index contributed by atoms with van der Waals surface area (Å²) in [6.07, 6.45) is 3.96. The number of hydrogen-bond acceptors (Lipinski definition) is 3. The molecule has 1 aliphatic heterocycles. The van der Waals surface area contributed by atoms with Crippen molar-refractivity contribution in [3.8, 4) is 11.5 Å². The van der Waals surface area contributed by atoms with Gasteiger partial charge in [0.2, 0.25) is 0 Å². The first-order chi connectivity index (χ1) is 12.6. The van der Waals surface area contributed by atoms with Crippen molar-refractivity contribution in [1.82, 2.24) is 0 Å². The van der Waals surface area contributed by atoms with E-state index >= 15 is 0 Å². The Balaban J connectivity index is 1.86. The Labute approximate surface area is 154 Å². The maximum absolute atomic E-state index is 12.9. The van der Waals surface area contributed by atoms with E-state index in [-0.39, 0.29) is 5.78 Å². The summed E-state index contributed by atoms with van der Waals surface area (Å²) in [5.41, 5.74) is 3.68. The van der Waals surface area contributed by atoms with Gasteiger partial charge < -0.3 is 14.4 Å². The maximum Gasteiger partial charge on any atom is 0.196 e. The number of rotatable bonds is 4. The van der Waals surface area contributed by atoms with Crippen LogP contribution in [0.1, 0.15) is 11.1 Å². The Bertz CT molecular complexity index is 763. The smallest absolute Gasteiger partial charge is 0.196 e. The fourth-order valence-corrected chi connectivity index (χ4v) is 3.12. The minimum absolute atomic E-state index is 0.127. The maximum atomic E-state index is 12.9. The predicted molar refractivity (Wildman–Crippen MR) is 104 cm³/mol. The van der Waals surface area contributed by atoms with E-state index in [0.29, 0.717) is 0 Å². The highest BCUT2D eigenvalue weighted by molar-refractivity contribution is 6.14. The largest absolute Gasteiger partial charge is 0.497 e. The average molecular weight is 350 g/mol. The van der Waals surface area contributed by atoms with E-state index < -0.39 is 0 Å². The van der Waals surface area contributed by atoms with Crippen molar-refractivity contribution < 1.29 is 19.2 Å². The van der Waals surface area contributed by atoms with Crippen LogP contribution in [0.2, 0.25) is 0 Å². The lowest BCUT2D eigenvalue weighted by molar-refractivity contribution is -0.870. The Kier molecular flexibility index (Phi) is 5.54. The Morgan fingerprint density at radius 2 is 1.15 bits per heavy atom. The lowest BCUT2D eigenvalue weighted by atomic mass is 9.94. The second-order valence-electron chi connectivity index (χ2n) is 6.53. The van der Waals surface area contributed by atoms with Gasteiger partial charge in [-0.3, -0.25) is 4.79 Å². The highest BCUT2D eigenvalue weighted by Crippen LogP contribution is 2.19. The molecule has 2 aromatic carbocycles. The van der Waals surface area contributed by atoms with Crippen molar-refractivity contribution in [3.63, 3.8) is 0 Å². The van der Waals surface area contributed by atoms with Gasteiger partial charge in [0.25, 0.3) is 0 Å². The number of ketones is 1. The fourth-order valence-electron chi connectivity index (χ4n) is 3.12. The number of methoxy groups -OCH3 is 2. The van der Waals surface area contributed by atoms with Crippen LogP contribution >= 0.6 is 0 Å². The lowest BCUT2D eigenvalue weighted by Gasteiger charge is -2.23. The van der Waals surface area contributed by atoms with Crippen molar-refractivity contribution in [3.05, 3.63) is 70.8 Å². The molecule has 0 spiro atoms. The van der Waals surface area contributed by atoms with Gasteiger partial charge in [-0.25, -0.2) is 0 Å². The molecule has 2 aromatic rings. The van der Waals surface area contributed by atoms with Gasteiger partial charge in [0.1, 0.15) is 24.6 Å². The number of nitrogens with one attached hydrogen (secondary N) is 1. The van der Waals surface area contributed by atoms with E-state index in [1.165, 1.54) is 4.90 Å². The molecule has 0 atom stereocenters. The quantitative estimate of drug-likeness (QED) is 0.860. The number of carbonyl (C=O) groups excluding carboxylic acids is 1. The molecule has 4 heteroatoms. The van der Waals surface area contributed by atoms with Crippen LogP contribution in [0.3, 0.4) is 0 Å². The van der Waals surface area contributed by atoms with Crippen LogP contribution in [0.25, 0.3) is 12.2 Å². The van der Waals surface area contributed by atoms with Gasteiger partial charge in [-0.15, -0.1) is 0 Å². The molecule has 26 heavy (non-hydrogen) atoms. The molecule has 1 fully saturated rings. The van der Waals surface area contributed by atoms with Gasteiger partial charge >= 0.3 is 0 Å². The number of ether oxygens (including phenoxy) is 2. The molecule has 1 saturated heterocycles. The van der Waals surface area contributed by atoms with Gasteiger partial charge in [-0.2, -0.15) is 0 Å². The molecule has 0 amide bonds. The minimum atomic E-state index is 0.127.